The highest BCUT2D eigenvalue weighted by Gasteiger charge is 2.32. The lowest BCUT2D eigenvalue weighted by Crippen LogP contribution is -2.26. The van der Waals surface area contributed by atoms with Crippen LogP contribution in [0.4, 0.5) is 13.2 Å². The van der Waals surface area contributed by atoms with E-state index in [-0.39, 0.29) is 6.54 Å². The second kappa shape index (κ2) is 6.40. The van der Waals surface area contributed by atoms with Crippen LogP contribution in [-0.4, -0.2) is 24.8 Å². The molecule has 0 spiro atoms. The molecule has 1 aromatic heterocycles. The van der Waals surface area contributed by atoms with E-state index in [1.807, 2.05) is 24.3 Å². The van der Waals surface area contributed by atoms with Crippen molar-refractivity contribution in [1.82, 2.24) is 9.29 Å². The summed E-state index contributed by atoms with van der Waals surface area (Å²) >= 11 is 1.35. The molecule has 0 aliphatic heterocycles. The fourth-order valence-electron chi connectivity index (χ4n) is 2.28. The van der Waals surface area contributed by atoms with Gasteiger partial charge in [0.2, 0.25) is 10.0 Å². The summed E-state index contributed by atoms with van der Waals surface area (Å²) in [7, 11) is -2.74. The van der Waals surface area contributed by atoms with Gasteiger partial charge in [-0.25, -0.2) is 13.4 Å². The second-order valence-corrected chi connectivity index (χ2v) is 8.52. The first-order valence-electron chi connectivity index (χ1n) is 7.16. The first-order chi connectivity index (χ1) is 11.7. The third kappa shape index (κ3) is 3.68. The van der Waals surface area contributed by atoms with Crippen molar-refractivity contribution in [3.63, 3.8) is 0 Å². The summed E-state index contributed by atoms with van der Waals surface area (Å²) in [6.07, 6.45) is -4.60. The van der Waals surface area contributed by atoms with Gasteiger partial charge >= 0.3 is 6.18 Å². The number of rotatable bonds is 4. The fourth-order valence-corrected chi connectivity index (χ4v) is 4.56. The number of nitrogens with zero attached hydrogens (tertiary/aromatic N) is 2. The van der Waals surface area contributed by atoms with Gasteiger partial charge in [-0.05, 0) is 30.3 Å². The number of fused-ring (bicyclic) bond motifs is 1. The Labute approximate surface area is 146 Å². The van der Waals surface area contributed by atoms with Gasteiger partial charge in [0.1, 0.15) is 5.01 Å². The van der Waals surface area contributed by atoms with Gasteiger partial charge in [0, 0.05) is 7.05 Å². The Hall–Kier alpha value is -1.97. The molecule has 0 N–H and O–H groups in total. The molecule has 0 fully saturated rings. The molecule has 0 unspecified atom stereocenters. The van der Waals surface area contributed by atoms with Crippen molar-refractivity contribution in [2.45, 2.75) is 17.6 Å². The summed E-state index contributed by atoms with van der Waals surface area (Å²) in [5, 5.41) is 0.569. The number of hydrogen-bond acceptors (Lipinski definition) is 4. The molecule has 1 heterocycles. The van der Waals surface area contributed by atoms with Gasteiger partial charge in [0.15, 0.2) is 0 Å². The zero-order valence-electron chi connectivity index (χ0n) is 13.0. The van der Waals surface area contributed by atoms with Crippen molar-refractivity contribution >= 4 is 31.6 Å². The van der Waals surface area contributed by atoms with Crippen LogP contribution in [0.3, 0.4) is 0 Å². The number of hydrogen-bond donors (Lipinski definition) is 0. The van der Waals surface area contributed by atoms with Crippen LogP contribution < -0.4 is 0 Å². The molecule has 132 valence electrons. The molecule has 0 bridgehead atoms. The Balaban J connectivity index is 1.89. The van der Waals surface area contributed by atoms with Crippen LogP contribution in [0, 0.1) is 0 Å². The fraction of sp³-hybridized carbons (Fsp3) is 0.188. The average Bonchev–Trinajstić information content (AvgIpc) is 2.96. The lowest BCUT2D eigenvalue weighted by Gasteiger charge is -2.17. The third-order valence-electron chi connectivity index (χ3n) is 3.57. The Morgan fingerprint density at radius 3 is 2.52 bits per heavy atom. The first kappa shape index (κ1) is 17.8. The third-order valence-corrected chi connectivity index (χ3v) is 6.39. The van der Waals surface area contributed by atoms with Crippen molar-refractivity contribution in [2.24, 2.45) is 0 Å². The summed E-state index contributed by atoms with van der Waals surface area (Å²) in [6.45, 7) is -0.0159. The van der Waals surface area contributed by atoms with Gasteiger partial charge in [-0.15, -0.1) is 11.3 Å². The van der Waals surface area contributed by atoms with Crippen LogP contribution in [0.25, 0.3) is 10.2 Å². The van der Waals surface area contributed by atoms with Crippen LogP contribution in [0.1, 0.15) is 10.6 Å². The molecule has 0 aliphatic rings. The summed E-state index contributed by atoms with van der Waals surface area (Å²) < 4.78 is 65.5. The van der Waals surface area contributed by atoms with Crippen molar-refractivity contribution in [3.8, 4) is 0 Å². The van der Waals surface area contributed by atoms with Crippen LogP contribution in [-0.2, 0) is 22.7 Å². The Bertz CT molecular complexity index is 980. The minimum atomic E-state index is -4.60. The number of halogens is 3. The summed E-state index contributed by atoms with van der Waals surface area (Å²) in [5.74, 6) is 0. The number of alkyl halides is 3. The molecule has 4 nitrogen and oxygen atoms in total. The van der Waals surface area contributed by atoms with E-state index in [9.17, 15) is 21.6 Å². The predicted molar refractivity (Wildman–Crippen MR) is 89.7 cm³/mol. The molecule has 25 heavy (non-hydrogen) atoms. The van der Waals surface area contributed by atoms with Crippen molar-refractivity contribution in [3.05, 3.63) is 59.1 Å². The van der Waals surface area contributed by atoms with E-state index < -0.39 is 26.7 Å². The van der Waals surface area contributed by atoms with Crippen LogP contribution >= 0.6 is 11.3 Å². The van der Waals surface area contributed by atoms with Gasteiger partial charge in [-0.1, -0.05) is 18.2 Å². The summed E-state index contributed by atoms with van der Waals surface area (Å²) in [6, 6.07) is 11.1. The van der Waals surface area contributed by atoms with E-state index in [0.717, 1.165) is 32.7 Å². The second-order valence-electron chi connectivity index (χ2n) is 5.36. The van der Waals surface area contributed by atoms with Gasteiger partial charge in [-0.3, -0.25) is 0 Å². The molecule has 2 aromatic carbocycles. The van der Waals surface area contributed by atoms with E-state index >= 15 is 0 Å². The number of benzene rings is 2. The van der Waals surface area contributed by atoms with E-state index in [1.165, 1.54) is 18.4 Å². The minimum absolute atomic E-state index is 0.0159. The van der Waals surface area contributed by atoms with Crippen molar-refractivity contribution in [2.75, 3.05) is 7.05 Å². The highest BCUT2D eigenvalue weighted by molar-refractivity contribution is 7.89. The monoisotopic (exact) mass is 386 g/mol. The molecular weight excluding hydrogens is 373 g/mol. The molecule has 0 saturated carbocycles. The maximum Gasteiger partial charge on any atom is 0.416 e. The highest BCUT2D eigenvalue weighted by atomic mass is 32.2. The van der Waals surface area contributed by atoms with E-state index in [2.05, 4.69) is 4.98 Å². The van der Waals surface area contributed by atoms with Gasteiger partial charge in [0.05, 0.1) is 27.2 Å². The van der Waals surface area contributed by atoms with Crippen LogP contribution in [0.2, 0.25) is 0 Å². The normalized spacial score (nSPS) is 12.8. The molecule has 0 aliphatic carbocycles. The molecule has 3 aromatic rings. The lowest BCUT2D eigenvalue weighted by atomic mass is 10.2. The summed E-state index contributed by atoms with van der Waals surface area (Å²) in [5.41, 5.74) is -0.241. The van der Waals surface area contributed by atoms with Gasteiger partial charge < -0.3 is 0 Å². The maximum atomic E-state index is 12.8. The first-order valence-corrected chi connectivity index (χ1v) is 9.41. The smallest absolute Gasteiger partial charge is 0.240 e. The Morgan fingerprint density at radius 2 is 1.84 bits per heavy atom. The molecule has 9 heteroatoms. The van der Waals surface area contributed by atoms with E-state index in [1.54, 1.807) is 0 Å². The zero-order valence-corrected chi connectivity index (χ0v) is 14.6. The molecule has 0 atom stereocenters. The number of para-hydroxylation sites is 1. The molecular formula is C16H13F3N2O2S2. The number of aromatic nitrogens is 1. The van der Waals surface area contributed by atoms with Crippen LogP contribution in [0.5, 0.6) is 0 Å². The largest absolute Gasteiger partial charge is 0.416 e. The highest BCUT2D eigenvalue weighted by Crippen LogP contribution is 2.31. The van der Waals surface area contributed by atoms with E-state index in [4.69, 9.17) is 0 Å². The van der Waals surface area contributed by atoms with E-state index in [0.29, 0.717) is 11.1 Å². The number of thiazole rings is 1. The lowest BCUT2D eigenvalue weighted by molar-refractivity contribution is -0.137. The van der Waals surface area contributed by atoms with Crippen LogP contribution in [0.15, 0.2) is 53.4 Å². The quantitative estimate of drug-likeness (QED) is 0.677. The average molecular weight is 386 g/mol. The number of sulfonamides is 1. The minimum Gasteiger partial charge on any atom is -0.240 e. The molecule has 3 rings (SSSR count). The standard InChI is InChI=1S/C16H13F3N2O2S2/c1-21(10-15-20-13-7-2-3-8-14(13)24-15)25(22,23)12-6-4-5-11(9-12)16(17,18)19/h2-9H,10H2,1H3. The zero-order chi connectivity index (χ0) is 18.2. The Kier molecular flexibility index (Phi) is 4.56. The maximum absolute atomic E-state index is 12.8. The predicted octanol–water partition coefficient (Wildman–Crippen LogP) is 4.14. The van der Waals surface area contributed by atoms with Gasteiger partial charge in [0.25, 0.3) is 0 Å². The molecule has 0 amide bonds. The molecule has 0 radical (unpaired) electrons. The van der Waals surface area contributed by atoms with Gasteiger partial charge in [-0.2, -0.15) is 17.5 Å². The SMILES string of the molecule is CN(Cc1nc2ccccc2s1)S(=O)(=O)c1cccc(C(F)(F)F)c1. The Morgan fingerprint density at radius 1 is 1.12 bits per heavy atom. The topological polar surface area (TPSA) is 50.3 Å². The van der Waals surface area contributed by atoms with Crippen molar-refractivity contribution in [1.29, 1.82) is 0 Å². The molecule has 0 saturated heterocycles. The van der Waals surface area contributed by atoms with Crippen molar-refractivity contribution < 1.29 is 21.6 Å². The summed E-state index contributed by atoms with van der Waals surface area (Å²) in [4.78, 5) is 3.95.